The number of anilines is 1. The highest BCUT2D eigenvalue weighted by Crippen LogP contribution is 2.34. The Bertz CT molecular complexity index is 1300. The first-order valence-electron chi connectivity index (χ1n) is 10.2. The lowest BCUT2D eigenvalue weighted by Crippen LogP contribution is -2.34. The molecule has 1 fully saturated rings. The van der Waals surface area contributed by atoms with Gasteiger partial charge < -0.3 is 14.6 Å². The number of hydrogen-bond donors (Lipinski definition) is 1. The molecule has 5 nitrogen and oxygen atoms in total. The Labute approximate surface area is 181 Å². The van der Waals surface area contributed by atoms with E-state index in [1.54, 1.807) is 23.1 Å². The molecule has 0 unspecified atom stereocenters. The van der Waals surface area contributed by atoms with Crippen molar-refractivity contribution in [3.8, 4) is 11.1 Å². The number of rotatable bonds is 3. The Morgan fingerprint density at radius 1 is 0.969 bits per heavy atom. The van der Waals surface area contributed by atoms with Crippen LogP contribution in [0.2, 0.25) is 0 Å². The van der Waals surface area contributed by atoms with Crippen molar-refractivity contribution < 1.29 is 22.4 Å². The van der Waals surface area contributed by atoms with Crippen molar-refractivity contribution in [1.29, 1.82) is 0 Å². The van der Waals surface area contributed by atoms with E-state index in [0.29, 0.717) is 30.0 Å². The number of urea groups is 1. The van der Waals surface area contributed by atoms with Crippen molar-refractivity contribution in [2.45, 2.75) is 18.9 Å². The number of likely N-dealkylation sites (tertiary alicyclic amines) is 1. The van der Waals surface area contributed by atoms with Crippen LogP contribution in [0.25, 0.3) is 22.2 Å². The topological polar surface area (TPSA) is 58.4 Å². The molecule has 2 heterocycles. The molecule has 1 aliphatic heterocycles. The average molecular weight is 437 g/mol. The monoisotopic (exact) mass is 437 g/mol. The quantitative estimate of drug-likeness (QED) is 0.410. The van der Waals surface area contributed by atoms with Gasteiger partial charge in [0.05, 0.1) is 0 Å². The number of hydrogen-bond acceptors (Lipinski definition) is 3. The summed E-state index contributed by atoms with van der Waals surface area (Å²) in [6.45, 7) is 0.486. The van der Waals surface area contributed by atoms with Crippen molar-refractivity contribution in [2.75, 3.05) is 11.9 Å². The first-order chi connectivity index (χ1) is 15.5. The molecule has 1 aliphatic rings. The molecule has 1 saturated heterocycles. The fourth-order valence-electron chi connectivity index (χ4n) is 3.95. The summed E-state index contributed by atoms with van der Waals surface area (Å²) in [4.78, 5) is 18.9. The highest BCUT2D eigenvalue weighted by atomic mass is 19.2. The predicted molar refractivity (Wildman–Crippen MR) is 113 cm³/mol. The summed E-state index contributed by atoms with van der Waals surface area (Å²) in [5.41, 5.74) is 3.11. The Kier molecular flexibility index (Phi) is 5.05. The van der Waals surface area contributed by atoms with Crippen molar-refractivity contribution >= 4 is 22.8 Å². The minimum absolute atomic E-state index is 0.168. The van der Waals surface area contributed by atoms with E-state index in [0.717, 1.165) is 29.7 Å². The number of fused-ring (bicyclic) bond motifs is 1. The fraction of sp³-hybridized carbons (Fsp3) is 0.167. The molecule has 5 rings (SSSR count). The standard InChI is InChI=1S/C24H18F3N3O2/c25-16-6-3-14(4-7-16)15-5-10-22-20(12-15)29-23(32-22)21-2-1-11-30(21)24(31)28-17-8-9-18(26)19(27)13-17/h3-10,12-13,21H,1-2,11H2,(H,28,31)/t21-/m1/s1. The Morgan fingerprint density at radius 3 is 2.53 bits per heavy atom. The number of halogens is 3. The van der Waals surface area contributed by atoms with Crippen molar-refractivity contribution in [1.82, 2.24) is 9.88 Å². The molecule has 0 radical (unpaired) electrons. The maximum absolute atomic E-state index is 13.5. The van der Waals surface area contributed by atoms with Crippen LogP contribution in [0.4, 0.5) is 23.7 Å². The highest BCUT2D eigenvalue weighted by Gasteiger charge is 2.33. The molecule has 3 aromatic carbocycles. The van der Waals surface area contributed by atoms with Gasteiger partial charge in [0.2, 0.25) is 5.89 Å². The molecule has 1 aromatic heterocycles. The second kappa shape index (κ2) is 8.03. The van der Waals surface area contributed by atoms with Gasteiger partial charge in [-0.05, 0) is 60.4 Å². The molecular formula is C24H18F3N3O2. The molecule has 1 atom stereocenters. The third-order valence-corrected chi connectivity index (χ3v) is 5.55. The van der Waals surface area contributed by atoms with Crippen molar-refractivity contribution in [3.63, 3.8) is 0 Å². The van der Waals surface area contributed by atoms with E-state index in [-0.39, 0.29) is 17.5 Å². The van der Waals surface area contributed by atoms with E-state index in [9.17, 15) is 18.0 Å². The molecular weight excluding hydrogens is 419 g/mol. The van der Waals surface area contributed by atoms with Crippen LogP contribution in [0.5, 0.6) is 0 Å². The zero-order valence-corrected chi connectivity index (χ0v) is 16.8. The zero-order chi connectivity index (χ0) is 22.2. The van der Waals surface area contributed by atoms with E-state index < -0.39 is 17.7 Å². The Balaban J connectivity index is 1.39. The number of carbonyl (C=O) groups excluding carboxylic acids is 1. The molecule has 8 heteroatoms. The van der Waals surface area contributed by atoms with E-state index in [1.807, 2.05) is 12.1 Å². The molecule has 32 heavy (non-hydrogen) atoms. The zero-order valence-electron chi connectivity index (χ0n) is 16.8. The molecule has 1 N–H and O–H groups in total. The second-order valence-electron chi connectivity index (χ2n) is 7.65. The summed E-state index contributed by atoms with van der Waals surface area (Å²) in [6, 6.07) is 14.1. The number of aromatic nitrogens is 1. The van der Waals surface area contributed by atoms with E-state index >= 15 is 0 Å². The van der Waals surface area contributed by atoms with Crippen LogP contribution in [-0.4, -0.2) is 22.5 Å². The van der Waals surface area contributed by atoms with Gasteiger partial charge in [0, 0.05) is 18.3 Å². The number of nitrogens with zero attached hydrogens (tertiary/aromatic N) is 2. The normalized spacial score (nSPS) is 16.0. The highest BCUT2D eigenvalue weighted by molar-refractivity contribution is 5.90. The number of benzene rings is 3. The third kappa shape index (κ3) is 3.79. The molecule has 0 spiro atoms. The largest absolute Gasteiger partial charge is 0.438 e. The summed E-state index contributed by atoms with van der Waals surface area (Å²) in [6.07, 6.45) is 1.43. The molecule has 4 aromatic rings. The predicted octanol–water partition coefficient (Wildman–Crippen LogP) is 6.28. The van der Waals surface area contributed by atoms with Gasteiger partial charge in [0.15, 0.2) is 17.2 Å². The SMILES string of the molecule is O=C(Nc1ccc(F)c(F)c1)N1CCC[C@@H]1c1nc2cc(-c3ccc(F)cc3)ccc2o1. The van der Waals surface area contributed by atoms with Crippen LogP contribution >= 0.6 is 0 Å². The van der Waals surface area contributed by atoms with Gasteiger partial charge in [-0.15, -0.1) is 0 Å². The number of carbonyl (C=O) groups is 1. The number of nitrogens with one attached hydrogen (secondary N) is 1. The van der Waals surface area contributed by atoms with E-state index in [1.165, 1.54) is 18.2 Å². The van der Waals surface area contributed by atoms with Crippen LogP contribution in [0.1, 0.15) is 24.8 Å². The molecule has 0 aliphatic carbocycles. The van der Waals surface area contributed by atoms with Crippen LogP contribution < -0.4 is 5.32 Å². The van der Waals surface area contributed by atoms with Crippen LogP contribution in [0, 0.1) is 17.5 Å². The second-order valence-corrected chi connectivity index (χ2v) is 7.65. The van der Waals surface area contributed by atoms with Gasteiger partial charge in [-0.25, -0.2) is 22.9 Å². The van der Waals surface area contributed by atoms with Crippen LogP contribution in [0.3, 0.4) is 0 Å². The van der Waals surface area contributed by atoms with Gasteiger partial charge in [-0.3, -0.25) is 0 Å². The van der Waals surface area contributed by atoms with E-state index in [2.05, 4.69) is 10.3 Å². The first kappa shape index (κ1) is 20.1. The summed E-state index contributed by atoms with van der Waals surface area (Å²) in [5.74, 6) is -1.90. The number of oxazole rings is 1. The molecule has 0 saturated carbocycles. The third-order valence-electron chi connectivity index (χ3n) is 5.55. The van der Waals surface area contributed by atoms with E-state index in [4.69, 9.17) is 4.42 Å². The van der Waals surface area contributed by atoms with Crippen LogP contribution in [0.15, 0.2) is 65.1 Å². The maximum atomic E-state index is 13.5. The average Bonchev–Trinajstić information content (AvgIpc) is 3.43. The first-order valence-corrected chi connectivity index (χ1v) is 10.2. The minimum atomic E-state index is -1.03. The lowest BCUT2D eigenvalue weighted by atomic mass is 10.1. The summed E-state index contributed by atoms with van der Waals surface area (Å²) < 4.78 is 45.7. The molecule has 162 valence electrons. The summed E-state index contributed by atoms with van der Waals surface area (Å²) >= 11 is 0. The van der Waals surface area contributed by atoms with Crippen molar-refractivity contribution in [2.24, 2.45) is 0 Å². The maximum Gasteiger partial charge on any atom is 0.322 e. The van der Waals surface area contributed by atoms with Crippen LogP contribution in [-0.2, 0) is 0 Å². The smallest absolute Gasteiger partial charge is 0.322 e. The molecule has 0 bridgehead atoms. The molecule has 2 amide bonds. The van der Waals surface area contributed by atoms with Gasteiger partial charge >= 0.3 is 6.03 Å². The van der Waals surface area contributed by atoms with Gasteiger partial charge in [0.1, 0.15) is 17.4 Å². The van der Waals surface area contributed by atoms with Crippen molar-refractivity contribution in [3.05, 3.63) is 84.0 Å². The lowest BCUT2D eigenvalue weighted by Gasteiger charge is -2.22. The minimum Gasteiger partial charge on any atom is -0.438 e. The Hall–Kier alpha value is -3.81. The van der Waals surface area contributed by atoms with Gasteiger partial charge in [0.25, 0.3) is 0 Å². The van der Waals surface area contributed by atoms with Gasteiger partial charge in [-0.1, -0.05) is 18.2 Å². The lowest BCUT2D eigenvalue weighted by molar-refractivity contribution is 0.199. The number of amides is 2. The Morgan fingerprint density at radius 2 is 1.75 bits per heavy atom. The summed E-state index contributed by atoms with van der Waals surface area (Å²) in [5, 5.41) is 2.60. The summed E-state index contributed by atoms with van der Waals surface area (Å²) in [7, 11) is 0. The fourth-order valence-corrected chi connectivity index (χ4v) is 3.95. The van der Waals surface area contributed by atoms with Gasteiger partial charge in [-0.2, -0.15) is 0 Å².